The zero-order chi connectivity index (χ0) is 15.8. The predicted octanol–water partition coefficient (Wildman–Crippen LogP) is 3.53. The second kappa shape index (κ2) is 8.39. The lowest BCUT2D eigenvalue weighted by Crippen LogP contribution is -2.15. The van der Waals surface area contributed by atoms with Crippen LogP contribution >= 0.6 is 0 Å². The molecule has 2 aromatic carbocycles. The maximum Gasteiger partial charge on any atom is 0.142 e. The number of ether oxygens (including phenoxy) is 1. The molecule has 0 aromatic heterocycles. The number of aryl methyl sites for hydroxylation is 1. The molecule has 3 nitrogen and oxygen atoms in total. The van der Waals surface area contributed by atoms with E-state index in [2.05, 4.69) is 11.4 Å². The molecule has 0 atom stereocenters. The van der Waals surface area contributed by atoms with Crippen LogP contribution in [0.15, 0.2) is 42.5 Å². The first-order valence-corrected chi connectivity index (χ1v) is 7.65. The summed E-state index contributed by atoms with van der Waals surface area (Å²) in [5.41, 5.74) is 8.95. The van der Waals surface area contributed by atoms with Gasteiger partial charge in [0.05, 0.1) is 12.3 Å². The molecule has 4 heteroatoms. The second-order valence-corrected chi connectivity index (χ2v) is 5.21. The molecule has 0 saturated carbocycles. The molecule has 0 saturated heterocycles. The summed E-state index contributed by atoms with van der Waals surface area (Å²) in [6.45, 7) is 4.23. The Bertz CT molecular complexity index is 584. The van der Waals surface area contributed by atoms with Gasteiger partial charge in [-0.25, -0.2) is 4.39 Å². The lowest BCUT2D eigenvalue weighted by molar-refractivity contribution is 0.342. The molecule has 2 rings (SSSR count). The highest BCUT2D eigenvalue weighted by molar-refractivity contribution is 5.54. The molecule has 0 aliphatic rings. The van der Waals surface area contributed by atoms with Gasteiger partial charge in [0.2, 0.25) is 0 Å². The van der Waals surface area contributed by atoms with Crippen molar-refractivity contribution in [2.75, 3.05) is 18.9 Å². The van der Waals surface area contributed by atoms with Crippen molar-refractivity contribution < 1.29 is 9.13 Å². The molecule has 0 unspecified atom stereocenters. The minimum atomic E-state index is -0.197. The van der Waals surface area contributed by atoms with E-state index in [4.69, 9.17) is 10.5 Å². The van der Waals surface area contributed by atoms with Crippen molar-refractivity contribution in [1.29, 1.82) is 0 Å². The highest BCUT2D eigenvalue weighted by Crippen LogP contribution is 2.23. The standard InChI is InChI=1S/C18H23FN2O/c1-2-22-18-10-7-14(12-17(18)20)4-3-11-21-13-15-5-8-16(19)9-6-15/h5-10,12,21H,2-4,11,13,20H2,1H3. The summed E-state index contributed by atoms with van der Waals surface area (Å²) in [5.74, 6) is 0.553. The van der Waals surface area contributed by atoms with Gasteiger partial charge in [0.15, 0.2) is 0 Å². The fourth-order valence-corrected chi connectivity index (χ4v) is 2.29. The molecule has 0 heterocycles. The normalized spacial score (nSPS) is 10.6. The first-order chi connectivity index (χ1) is 10.7. The lowest BCUT2D eigenvalue weighted by Gasteiger charge is -2.09. The number of hydrogen-bond acceptors (Lipinski definition) is 3. The number of nitrogen functional groups attached to an aromatic ring is 1. The van der Waals surface area contributed by atoms with Crippen LogP contribution in [0, 0.1) is 5.82 Å². The van der Waals surface area contributed by atoms with Crippen LogP contribution in [0.3, 0.4) is 0 Å². The van der Waals surface area contributed by atoms with Gasteiger partial charge in [0.25, 0.3) is 0 Å². The highest BCUT2D eigenvalue weighted by Gasteiger charge is 2.01. The number of halogens is 1. The first-order valence-electron chi connectivity index (χ1n) is 7.65. The monoisotopic (exact) mass is 302 g/mol. The van der Waals surface area contributed by atoms with E-state index in [1.165, 1.54) is 17.7 Å². The minimum absolute atomic E-state index is 0.197. The summed E-state index contributed by atoms with van der Waals surface area (Å²) in [6.07, 6.45) is 1.99. The average Bonchev–Trinajstić information content (AvgIpc) is 2.51. The van der Waals surface area contributed by atoms with E-state index >= 15 is 0 Å². The molecular weight excluding hydrogens is 279 g/mol. The summed E-state index contributed by atoms with van der Waals surface area (Å²) in [4.78, 5) is 0. The topological polar surface area (TPSA) is 47.3 Å². The maximum atomic E-state index is 12.8. The zero-order valence-electron chi connectivity index (χ0n) is 12.9. The van der Waals surface area contributed by atoms with Crippen molar-refractivity contribution >= 4 is 5.69 Å². The third kappa shape index (κ3) is 5.04. The fraction of sp³-hybridized carbons (Fsp3) is 0.333. The van der Waals surface area contributed by atoms with Crippen LogP contribution in [0.4, 0.5) is 10.1 Å². The van der Waals surface area contributed by atoms with Crippen molar-refractivity contribution in [1.82, 2.24) is 5.32 Å². The van der Waals surface area contributed by atoms with Gasteiger partial charge in [0, 0.05) is 6.54 Å². The van der Waals surface area contributed by atoms with E-state index in [1.54, 1.807) is 12.1 Å². The van der Waals surface area contributed by atoms with Crippen LogP contribution in [-0.4, -0.2) is 13.2 Å². The zero-order valence-corrected chi connectivity index (χ0v) is 12.9. The fourth-order valence-electron chi connectivity index (χ4n) is 2.29. The average molecular weight is 302 g/mol. The van der Waals surface area contributed by atoms with Crippen molar-refractivity contribution in [2.24, 2.45) is 0 Å². The molecule has 3 N–H and O–H groups in total. The molecule has 0 spiro atoms. The number of hydrogen-bond donors (Lipinski definition) is 2. The van der Waals surface area contributed by atoms with Gasteiger partial charge in [-0.1, -0.05) is 18.2 Å². The Morgan fingerprint density at radius 2 is 1.82 bits per heavy atom. The highest BCUT2D eigenvalue weighted by atomic mass is 19.1. The predicted molar refractivity (Wildman–Crippen MR) is 88.5 cm³/mol. The Balaban J connectivity index is 1.70. The number of nitrogens with two attached hydrogens (primary N) is 1. The third-order valence-electron chi connectivity index (χ3n) is 3.44. The largest absolute Gasteiger partial charge is 0.492 e. The van der Waals surface area contributed by atoms with Gasteiger partial charge < -0.3 is 15.8 Å². The van der Waals surface area contributed by atoms with E-state index < -0.39 is 0 Å². The Labute approximate surface area is 131 Å². The number of anilines is 1. The van der Waals surface area contributed by atoms with Crippen molar-refractivity contribution in [3.8, 4) is 5.75 Å². The molecule has 0 aliphatic carbocycles. The summed E-state index contributed by atoms with van der Waals surface area (Å²) in [6, 6.07) is 12.5. The van der Waals surface area contributed by atoms with Crippen LogP contribution in [-0.2, 0) is 13.0 Å². The molecule has 0 bridgehead atoms. The molecular formula is C18H23FN2O. The van der Waals surface area contributed by atoms with E-state index in [9.17, 15) is 4.39 Å². The van der Waals surface area contributed by atoms with Gasteiger partial charge >= 0.3 is 0 Å². The summed E-state index contributed by atoms with van der Waals surface area (Å²) < 4.78 is 18.2. The first kappa shape index (κ1) is 16.3. The van der Waals surface area contributed by atoms with E-state index in [0.29, 0.717) is 12.3 Å². The molecule has 0 fully saturated rings. The van der Waals surface area contributed by atoms with Gasteiger partial charge in [-0.2, -0.15) is 0 Å². The number of nitrogens with one attached hydrogen (secondary N) is 1. The van der Waals surface area contributed by atoms with E-state index in [0.717, 1.165) is 37.2 Å². The van der Waals surface area contributed by atoms with Crippen LogP contribution in [0.1, 0.15) is 24.5 Å². The SMILES string of the molecule is CCOc1ccc(CCCNCc2ccc(F)cc2)cc1N. The Hall–Kier alpha value is -2.07. The quantitative estimate of drug-likeness (QED) is 0.579. The van der Waals surface area contributed by atoms with Crippen LogP contribution < -0.4 is 15.8 Å². The van der Waals surface area contributed by atoms with Crippen molar-refractivity contribution in [3.63, 3.8) is 0 Å². The Kier molecular flexibility index (Phi) is 6.22. The molecule has 0 amide bonds. The van der Waals surface area contributed by atoms with Gasteiger partial charge in [-0.3, -0.25) is 0 Å². The third-order valence-corrected chi connectivity index (χ3v) is 3.44. The number of benzene rings is 2. The van der Waals surface area contributed by atoms with Crippen LogP contribution in [0.25, 0.3) is 0 Å². The molecule has 2 aromatic rings. The second-order valence-electron chi connectivity index (χ2n) is 5.21. The van der Waals surface area contributed by atoms with E-state index in [-0.39, 0.29) is 5.82 Å². The van der Waals surface area contributed by atoms with Crippen LogP contribution in [0.2, 0.25) is 0 Å². The van der Waals surface area contributed by atoms with Gasteiger partial charge in [-0.15, -0.1) is 0 Å². The smallest absolute Gasteiger partial charge is 0.142 e. The molecule has 118 valence electrons. The minimum Gasteiger partial charge on any atom is -0.492 e. The van der Waals surface area contributed by atoms with Crippen LogP contribution in [0.5, 0.6) is 5.75 Å². The summed E-state index contributed by atoms with van der Waals surface area (Å²) >= 11 is 0. The molecule has 0 aliphatic heterocycles. The van der Waals surface area contributed by atoms with Crippen molar-refractivity contribution in [2.45, 2.75) is 26.3 Å². The molecule has 22 heavy (non-hydrogen) atoms. The van der Waals surface area contributed by atoms with Gasteiger partial charge in [0.1, 0.15) is 11.6 Å². The van der Waals surface area contributed by atoms with E-state index in [1.807, 2.05) is 19.1 Å². The number of rotatable bonds is 8. The van der Waals surface area contributed by atoms with Gasteiger partial charge in [-0.05, 0) is 61.7 Å². The Morgan fingerprint density at radius 3 is 2.50 bits per heavy atom. The summed E-state index contributed by atoms with van der Waals surface area (Å²) in [7, 11) is 0. The van der Waals surface area contributed by atoms with Crippen molar-refractivity contribution in [3.05, 3.63) is 59.4 Å². The maximum absolute atomic E-state index is 12.8. The molecule has 0 radical (unpaired) electrons. The lowest BCUT2D eigenvalue weighted by atomic mass is 10.1. The Morgan fingerprint density at radius 1 is 1.09 bits per heavy atom. The summed E-state index contributed by atoms with van der Waals surface area (Å²) in [5, 5.41) is 3.36.